The number of carbonyl (C=O) groups excluding carboxylic acids is 1. The molecule has 0 aromatic heterocycles. The highest BCUT2D eigenvalue weighted by Gasteiger charge is 2.55. The van der Waals surface area contributed by atoms with Crippen molar-refractivity contribution in [2.45, 2.75) is 29.9 Å². The van der Waals surface area contributed by atoms with Crippen LogP contribution in [0.2, 0.25) is 0 Å². The summed E-state index contributed by atoms with van der Waals surface area (Å²) in [5.41, 5.74) is 0.685. The Morgan fingerprint density at radius 3 is 2.38 bits per heavy atom. The van der Waals surface area contributed by atoms with E-state index in [4.69, 9.17) is 4.74 Å². The van der Waals surface area contributed by atoms with E-state index in [1.807, 2.05) is 30.5 Å². The van der Waals surface area contributed by atoms with Gasteiger partial charge in [-0.05, 0) is 43.4 Å². The van der Waals surface area contributed by atoms with Gasteiger partial charge >= 0.3 is 5.97 Å². The van der Waals surface area contributed by atoms with Gasteiger partial charge in [0, 0.05) is 10.6 Å². The molecule has 1 aromatic carbocycles. The minimum absolute atomic E-state index is 0.258. The molecule has 21 heavy (non-hydrogen) atoms. The summed E-state index contributed by atoms with van der Waals surface area (Å²) in [6.07, 6.45) is 2.90. The fourth-order valence-electron chi connectivity index (χ4n) is 3.22. The van der Waals surface area contributed by atoms with E-state index in [2.05, 4.69) is 5.32 Å². The summed E-state index contributed by atoms with van der Waals surface area (Å²) in [5, 5.41) is 12.1. The van der Waals surface area contributed by atoms with Crippen molar-refractivity contribution in [1.82, 2.24) is 0 Å². The number of rotatable bonds is 4. The molecule has 6 heteroatoms. The molecular formula is C15H17NO4S. The minimum Gasteiger partial charge on any atom is -0.481 e. The molecular weight excluding hydrogens is 290 g/mol. The van der Waals surface area contributed by atoms with Gasteiger partial charge in [0.2, 0.25) is 5.91 Å². The summed E-state index contributed by atoms with van der Waals surface area (Å²) in [5.74, 6) is -2.53. The normalized spacial score (nSPS) is 30.3. The van der Waals surface area contributed by atoms with Crippen molar-refractivity contribution in [2.75, 3.05) is 11.6 Å². The molecule has 2 aliphatic rings. The summed E-state index contributed by atoms with van der Waals surface area (Å²) in [4.78, 5) is 24.9. The molecule has 0 saturated carbocycles. The molecule has 2 aliphatic heterocycles. The Hall–Kier alpha value is -1.53. The summed E-state index contributed by atoms with van der Waals surface area (Å²) < 4.78 is 5.61. The fourth-order valence-corrected chi connectivity index (χ4v) is 3.63. The predicted molar refractivity (Wildman–Crippen MR) is 79.4 cm³/mol. The molecule has 112 valence electrons. The van der Waals surface area contributed by atoms with Crippen molar-refractivity contribution in [3.8, 4) is 0 Å². The number of carboxylic acid groups (broad SMARTS) is 1. The van der Waals surface area contributed by atoms with Crippen LogP contribution in [0.1, 0.15) is 12.8 Å². The van der Waals surface area contributed by atoms with Crippen LogP contribution in [0.3, 0.4) is 0 Å². The first-order chi connectivity index (χ1) is 10.1. The molecule has 2 unspecified atom stereocenters. The highest BCUT2D eigenvalue weighted by atomic mass is 32.2. The second kappa shape index (κ2) is 5.69. The maximum atomic E-state index is 12.4. The van der Waals surface area contributed by atoms with Crippen molar-refractivity contribution in [1.29, 1.82) is 0 Å². The smallest absolute Gasteiger partial charge is 0.310 e. The van der Waals surface area contributed by atoms with Gasteiger partial charge < -0.3 is 15.2 Å². The number of nitrogens with one attached hydrogen (secondary N) is 1. The van der Waals surface area contributed by atoms with E-state index in [1.54, 1.807) is 11.8 Å². The Kier molecular flexibility index (Phi) is 3.91. The predicted octanol–water partition coefficient (Wildman–Crippen LogP) is 2.23. The summed E-state index contributed by atoms with van der Waals surface area (Å²) in [7, 11) is 0. The SMILES string of the molecule is CSc1ccc(NC(=O)C2C(C(=O)O)[C@H]3CC[C@H]2O3)cc1. The van der Waals surface area contributed by atoms with E-state index in [0.717, 1.165) is 17.7 Å². The van der Waals surface area contributed by atoms with E-state index in [0.29, 0.717) is 5.69 Å². The number of amides is 1. The number of benzene rings is 1. The Labute approximate surface area is 127 Å². The Balaban J connectivity index is 1.73. The van der Waals surface area contributed by atoms with E-state index < -0.39 is 17.8 Å². The maximum absolute atomic E-state index is 12.4. The molecule has 0 aliphatic carbocycles. The third-order valence-corrected chi connectivity index (χ3v) is 4.96. The lowest BCUT2D eigenvalue weighted by atomic mass is 9.78. The molecule has 2 bridgehead atoms. The molecule has 2 saturated heterocycles. The molecule has 1 amide bonds. The number of hydrogen-bond acceptors (Lipinski definition) is 4. The number of thioether (sulfide) groups is 1. The van der Waals surface area contributed by atoms with Crippen molar-refractivity contribution in [3.05, 3.63) is 24.3 Å². The highest BCUT2D eigenvalue weighted by Crippen LogP contribution is 2.44. The van der Waals surface area contributed by atoms with Crippen LogP contribution in [0, 0.1) is 11.8 Å². The number of carboxylic acids is 1. The van der Waals surface area contributed by atoms with Crippen LogP contribution >= 0.6 is 11.8 Å². The number of aliphatic carboxylic acids is 1. The molecule has 2 N–H and O–H groups in total. The first-order valence-electron chi connectivity index (χ1n) is 6.93. The molecule has 1 aromatic rings. The van der Waals surface area contributed by atoms with Crippen LogP contribution in [-0.4, -0.2) is 35.4 Å². The third kappa shape index (κ3) is 2.65. The molecule has 0 radical (unpaired) electrons. The van der Waals surface area contributed by atoms with E-state index >= 15 is 0 Å². The molecule has 0 spiro atoms. The minimum atomic E-state index is -0.944. The number of anilines is 1. The van der Waals surface area contributed by atoms with Gasteiger partial charge in [-0.3, -0.25) is 9.59 Å². The van der Waals surface area contributed by atoms with Crippen LogP contribution in [0.4, 0.5) is 5.69 Å². The second-order valence-corrected chi connectivity index (χ2v) is 6.28. The lowest BCUT2D eigenvalue weighted by Crippen LogP contribution is -2.40. The standard InChI is InChI=1S/C15H17NO4S/c1-21-9-4-2-8(3-5-9)16-14(17)12-10-6-7-11(20-10)13(12)15(18)19/h2-5,10-13H,6-7H2,1H3,(H,16,17)(H,18,19)/t10-,11-,12?,13?/m1/s1. The van der Waals surface area contributed by atoms with Gasteiger partial charge in [-0.15, -0.1) is 11.8 Å². The van der Waals surface area contributed by atoms with Crippen LogP contribution in [0.15, 0.2) is 29.2 Å². The Morgan fingerprint density at radius 1 is 1.19 bits per heavy atom. The first kappa shape index (κ1) is 14.4. The van der Waals surface area contributed by atoms with Crippen LogP contribution in [0.25, 0.3) is 0 Å². The topological polar surface area (TPSA) is 75.6 Å². The van der Waals surface area contributed by atoms with Gasteiger partial charge in [-0.2, -0.15) is 0 Å². The average Bonchev–Trinajstić information content (AvgIpc) is 3.08. The lowest BCUT2D eigenvalue weighted by Gasteiger charge is -2.23. The zero-order valence-electron chi connectivity index (χ0n) is 11.6. The molecule has 2 heterocycles. The fraction of sp³-hybridized carbons (Fsp3) is 0.467. The molecule has 2 fully saturated rings. The van der Waals surface area contributed by atoms with Gasteiger partial charge in [-0.1, -0.05) is 0 Å². The zero-order valence-corrected chi connectivity index (χ0v) is 12.4. The monoisotopic (exact) mass is 307 g/mol. The number of carbonyl (C=O) groups is 2. The third-order valence-electron chi connectivity index (χ3n) is 4.22. The second-order valence-electron chi connectivity index (χ2n) is 5.40. The quantitative estimate of drug-likeness (QED) is 0.834. The molecule has 5 nitrogen and oxygen atoms in total. The summed E-state index contributed by atoms with van der Waals surface area (Å²) in [6.45, 7) is 0. The highest BCUT2D eigenvalue weighted by molar-refractivity contribution is 7.98. The average molecular weight is 307 g/mol. The van der Waals surface area contributed by atoms with Crippen molar-refractivity contribution in [2.24, 2.45) is 11.8 Å². The largest absolute Gasteiger partial charge is 0.481 e. The van der Waals surface area contributed by atoms with Gasteiger partial charge in [0.05, 0.1) is 24.0 Å². The van der Waals surface area contributed by atoms with Gasteiger partial charge in [0.15, 0.2) is 0 Å². The number of fused-ring (bicyclic) bond motifs is 2. The molecule has 4 atom stereocenters. The van der Waals surface area contributed by atoms with E-state index in [9.17, 15) is 14.7 Å². The summed E-state index contributed by atoms with van der Waals surface area (Å²) in [6, 6.07) is 7.50. The Morgan fingerprint density at radius 2 is 1.81 bits per heavy atom. The van der Waals surface area contributed by atoms with Crippen LogP contribution in [-0.2, 0) is 14.3 Å². The van der Waals surface area contributed by atoms with Crippen LogP contribution in [0.5, 0.6) is 0 Å². The zero-order chi connectivity index (χ0) is 15.0. The number of hydrogen-bond donors (Lipinski definition) is 2. The van der Waals surface area contributed by atoms with Crippen molar-refractivity contribution >= 4 is 29.3 Å². The van der Waals surface area contributed by atoms with Gasteiger partial charge in [-0.25, -0.2) is 0 Å². The lowest BCUT2D eigenvalue weighted by molar-refractivity contribution is -0.147. The van der Waals surface area contributed by atoms with Gasteiger partial charge in [0.1, 0.15) is 0 Å². The van der Waals surface area contributed by atoms with E-state index in [-0.39, 0.29) is 18.1 Å². The van der Waals surface area contributed by atoms with Crippen LogP contribution < -0.4 is 5.32 Å². The van der Waals surface area contributed by atoms with Gasteiger partial charge in [0.25, 0.3) is 0 Å². The van der Waals surface area contributed by atoms with Crippen molar-refractivity contribution < 1.29 is 19.4 Å². The first-order valence-corrected chi connectivity index (χ1v) is 8.16. The van der Waals surface area contributed by atoms with E-state index in [1.165, 1.54) is 0 Å². The Bertz CT molecular complexity index is 559. The molecule has 3 rings (SSSR count). The maximum Gasteiger partial charge on any atom is 0.310 e. The van der Waals surface area contributed by atoms with Crippen molar-refractivity contribution in [3.63, 3.8) is 0 Å². The number of ether oxygens (including phenoxy) is 1. The summed E-state index contributed by atoms with van der Waals surface area (Å²) >= 11 is 1.63.